The second-order valence-electron chi connectivity index (χ2n) is 4.67. The Labute approximate surface area is 132 Å². The third-order valence-electron chi connectivity index (χ3n) is 2.87. The molecule has 6 nitrogen and oxygen atoms in total. The maximum atomic E-state index is 12.1. The number of rotatable bonds is 4. The highest BCUT2D eigenvalue weighted by atomic mass is 35.5. The molecule has 2 rings (SSSR count). The molecule has 7 heteroatoms. The number of para-hydroxylation sites is 1. The number of halogens is 1. The number of benzene rings is 2. The SMILES string of the molecule is CN(C)C(=O)c1ccccc1Oc1ccc([N+](=O)[O-])c(Cl)c1. The van der Waals surface area contributed by atoms with Crippen molar-refractivity contribution >= 4 is 23.2 Å². The fraction of sp³-hybridized carbons (Fsp3) is 0.133. The molecule has 2 aromatic rings. The van der Waals surface area contributed by atoms with Crippen molar-refractivity contribution in [3.05, 3.63) is 63.2 Å². The Morgan fingerprint density at radius 2 is 1.91 bits per heavy atom. The van der Waals surface area contributed by atoms with Crippen LogP contribution in [0.15, 0.2) is 42.5 Å². The highest BCUT2D eigenvalue weighted by Crippen LogP contribution is 2.32. The van der Waals surface area contributed by atoms with Crippen molar-refractivity contribution in [1.29, 1.82) is 0 Å². The Hall–Kier alpha value is -2.60. The average Bonchev–Trinajstić information content (AvgIpc) is 2.46. The lowest BCUT2D eigenvalue weighted by molar-refractivity contribution is -0.384. The molecule has 22 heavy (non-hydrogen) atoms. The topological polar surface area (TPSA) is 72.7 Å². The molecular formula is C15H13ClN2O4. The number of hydrogen-bond acceptors (Lipinski definition) is 4. The van der Waals surface area contributed by atoms with Crippen LogP contribution < -0.4 is 4.74 Å². The third kappa shape index (κ3) is 3.35. The molecule has 0 heterocycles. The van der Waals surface area contributed by atoms with Crippen molar-refractivity contribution in [2.45, 2.75) is 0 Å². The number of carbonyl (C=O) groups is 1. The number of hydrogen-bond donors (Lipinski definition) is 0. The van der Waals surface area contributed by atoms with Crippen molar-refractivity contribution in [3.63, 3.8) is 0 Å². The van der Waals surface area contributed by atoms with E-state index in [-0.39, 0.29) is 16.6 Å². The summed E-state index contributed by atoms with van der Waals surface area (Å²) in [6.45, 7) is 0. The van der Waals surface area contributed by atoms with Gasteiger partial charge in [-0.25, -0.2) is 0 Å². The van der Waals surface area contributed by atoms with Crippen LogP contribution in [0.2, 0.25) is 5.02 Å². The molecule has 0 aliphatic heterocycles. The highest BCUT2D eigenvalue weighted by molar-refractivity contribution is 6.32. The lowest BCUT2D eigenvalue weighted by Gasteiger charge is -2.14. The van der Waals surface area contributed by atoms with Crippen molar-refractivity contribution in [2.75, 3.05) is 14.1 Å². The summed E-state index contributed by atoms with van der Waals surface area (Å²) in [6.07, 6.45) is 0. The molecule has 0 aliphatic rings. The van der Waals surface area contributed by atoms with Gasteiger partial charge < -0.3 is 9.64 Å². The predicted molar refractivity (Wildman–Crippen MR) is 82.6 cm³/mol. The summed E-state index contributed by atoms with van der Waals surface area (Å²) in [5, 5.41) is 10.7. The number of ether oxygens (including phenoxy) is 1. The van der Waals surface area contributed by atoms with Crippen molar-refractivity contribution in [1.82, 2.24) is 4.90 Å². The minimum atomic E-state index is -0.574. The van der Waals surface area contributed by atoms with Crippen LogP contribution >= 0.6 is 11.6 Å². The van der Waals surface area contributed by atoms with Gasteiger partial charge in [0.05, 0.1) is 10.5 Å². The van der Waals surface area contributed by atoms with Crippen LogP contribution in [0, 0.1) is 10.1 Å². The fourth-order valence-corrected chi connectivity index (χ4v) is 2.04. The first-order valence-corrected chi connectivity index (χ1v) is 6.70. The minimum absolute atomic E-state index is 0.0288. The first kappa shape index (κ1) is 15.8. The predicted octanol–water partition coefficient (Wildman–Crippen LogP) is 3.74. The van der Waals surface area contributed by atoms with Crippen LogP contribution in [-0.2, 0) is 0 Å². The monoisotopic (exact) mass is 320 g/mol. The van der Waals surface area contributed by atoms with E-state index in [9.17, 15) is 14.9 Å². The number of amides is 1. The summed E-state index contributed by atoms with van der Waals surface area (Å²) >= 11 is 5.85. The molecule has 0 spiro atoms. The molecular weight excluding hydrogens is 308 g/mol. The van der Waals surface area contributed by atoms with E-state index < -0.39 is 4.92 Å². The molecule has 0 unspecified atom stereocenters. The first-order chi connectivity index (χ1) is 10.4. The summed E-state index contributed by atoms with van der Waals surface area (Å²) in [7, 11) is 3.28. The van der Waals surface area contributed by atoms with Gasteiger partial charge in [0.25, 0.3) is 11.6 Å². The molecule has 0 saturated heterocycles. The number of carbonyl (C=O) groups excluding carboxylic acids is 1. The molecule has 2 aromatic carbocycles. The zero-order valence-electron chi connectivity index (χ0n) is 11.9. The Kier molecular flexibility index (Phi) is 4.62. The molecule has 0 saturated carbocycles. The van der Waals surface area contributed by atoms with Crippen LogP contribution in [-0.4, -0.2) is 29.8 Å². The molecule has 0 radical (unpaired) electrons. The summed E-state index contributed by atoms with van der Waals surface area (Å²) in [5.74, 6) is 0.462. The molecule has 0 aromatic heterocycles. The van der Waals surface area contributed by atoms with Crippen LogP contribution in [0.3, 0.4) is 0 Å². The van der Waals surface area contributed by atoms with Gasteiger partial charge in [-0.05, 0) is 18.2 Å². The zero-order chi connectivity index (χ0) is 16.3. The number of nitro benzene ring substituents is 1. The first-order valence-electron chi connectivity index (χ1n) is 6.32. The Morgan fingerprint density at radius 3 is 2.50 bits per heavy atom. The third-order valence-corrected chi connectivity index (χ3v) is 3.17. The van der Waals surface area contributed by atoms with E-state index in [1.807, 2.05) is 0 Å². The van der Waals surface area contributed by atoms with Gasteiger partial charge in [0, 0.05) is 26.2 Å². The smallest absolute Gasteiger partial charge is 0.288 e. The summed E-state index contributed by atoms with van der Waals surface area (Å²) in [4.78, 5) is 23.7. The van der Waals surface area contributed by atoms with E-state index in [2.05, 4.69) is 0 Å². The maximum absolute atomic E-state index is 12.1. The van der Waals surface area contributed by atoms with Gasteiger partial charge in [-0.3, -0.25) is 14.9 Å². The lowest BCUT2D eigenvalue weighted by Crippen LogP contribution is -2.22. The van der Waals surface area contributed by atoms with Crippen LogP contribution in [0.1, 0.15) is 10.4 Å². The summed E-state index contributed by atoms with van der Waals surface area (Å²) in [5.41, 5.74) is 0.189. The molecule has 114 valence electrons. The van der Waals surface area contributed by atoms with Gasteiger partial charge in [-0.1, -0.05) is 23.7 Å². The van der Waals surface area contributed by atoms with Crippen molar-refractivity contribution in [2.24, 2.45) is 0 Å². The molecule has 0 N–H and O–H groups in total. The normalized spacial score (nSPS) is 10.1. The van der Waals surface area contributed by atoms with E-state index in [1.165, 1.54) is 23.1 Å². The Bertz CT molecular complexity index is 731. The van der Waals surface area contributed by atoms with Crippen LogP contribution in [0.25, 0.3) is 0 Å². The van der Waals surface area contributed by atoms with E-state index in [4.69, 9.17) is 16.3 Å². The standard InChI is InChI=1S/C15H13ClN2O4/c1-17(2)15(19)11-5-3-4-6-14(11)22-10-7-8-13(18(20)21)12(16)9-10/h3-9H,1-2H3. The van der Waals surface area contributed by atoms with E-state index in [0.29, 0.717) is 17.1 Å². The lowest BCUT2D eigenvalue weighted by atomic mass is 10.2. The van der Waals surface area contributed by atoms with Crippen LogP contribution in [0.5, 0.6) is 11.5 Å². The summed E-state index contributed by atoms with van der Waals surface area (Å²) < 4.78 is 5.64. The molecule has 0 fully saturated rings. The van der Waals surface area contributed by atoms with Crippen LogP contribution in [0.4, 0.5) is 5.69 Å². The van der Waals surface area contributed by atoms with Crippen molar-refractivity contribution in [3.8, 4) is 11.5 Å². The van der Waals surface area contributed by atoms with Gasteiger partial charge in [0.1, 0.15) is 16.5 Å². The van der Waals surface area contributed by atoms with E-state index in [1.54, 1.807) is 38.4 Å². The second kappa shape index (κ2) is 6.44. The number of nitro groups is 1. The largest absolute Gasteiger partial charge is 0.456 e. The summed E-state index contributed by atoms with van der Waals surface area (Å²) in [6, 6.07) is 10.8. The average molecular weight is 321 g/mol. The van der Waals surface area contributed by atoms with Crippen molar-refractivity contribution < 1.29 is 14.5 Å². The minimum Gasteiger partial charge on any atom is -0.456 e. The molecule has 0 bridgehead atoms. The maximum Gasteiger partial charge on any atom is 0.288 e. The zero-order valence-corrected chi connectivity index (χ0v) is 12.7. The van der Waals surface area contributed by atoms with Gasteiger partial charge in [0.2, 0.25) is 0 Å². The Balaban J connectivity index is 2.34. The van der Waals surface area contributed by atoms with Gasteiger partial charge in [0.15, 0.2) is 0 Å². The number of nitrogens with zero attached hydrogens (tertiary/aromatic N) is 2. The fourth-order valence-electron chi connectivity index (χ4n) is 1.80. The van der Waals surface area contributed by atoms with Gasteiger partial charge in [-0.2, -0.15) is 0 Å². The molecule has 0 aliphatic carbocycles. The second-order valence-corrected chi connectivity index (χ2v) is 5.08. The van der Waals surface area contributed by atoms with E-state index in [0.717, 1.165) is 0 Å². The van der Waals surface area contributed by atoms with Gasteiger partial charge in [-0.15, -0.1) is 0 Å². The molecule has 0 atom stereocenters. The quantitative estimate of drug-likeness (QED) is 0.635. The Morgan fingerprint density at radius 1 is 1.23 bits per heavy atom. The molecule has 1 amide bonds. The van der Waals surface area contributed by atoms with E-state index >= 15 is 0 Å². The van der Waals surface area contributed by atoms with Gasteiger partial charge >= 0.3 is 0 Å². The highest BCUT2D eigenvalue weighted by Gasteiger charge is 2.16.